The molecule has 0 N–H and O–H groups in total. The molecule has 4 heteroatoms. The van der Waals surface area contributed by atoms with Crippen LogP contribution < -0.4 is 9.47 Å². The Kier molecular flexibility index (Phi) is 7.55. The molecule has 0 aliphatic rings. The summed E-state index contributed by atoms with van der Waals surface area (Å²) in [5.74, 6) is 1.44. The van der Waals surface area contributed by atoms with Crippen LogP contribution in [0.4, 0.5) is 0 Å². The third-order valence-corrected chi connectivity index (χ3v) is 3.10. The zero-order valence-corrected chi connectivity index (χ0v) is 12.9. The minimum atomic E-state index is 0.124. The van der Waals surface area contributed by atoms with E-state index >= 15 is 0 Å². The third kappa shape index (κ3) is 5.11. The number of benzene rings is 1. The van der Waals surface area contributed by atoms with E-state index in [1.807, 2.05) is 25.1 Å². The Hall–Kier alpha value is -1.71. The number of unbranched alkanes of at least 4 members (excludes halogenated alkanes) is 2. The zero-order chi connectivity index (χ0) is 14.8. The lowest BCUT2D eigenvalue weighted by Gasteiger charge is -2.11. The molecule has 4 nitrogen and oxygen atoms in total. The van der Waals surface area contributed by atoms with Gasteiger partial charge in [0, 0.05) is 0 Å². The van der Waals surface area contributed by atoms with Crippen LogP contribution in [-0.2, 0) is 4.84 Å². The SMILES string of the molecule is CCCCCC(C)O/N=C/c1c(OC)cccc1OC. The van der Waals surface area contributed by atoms with E-state index in [9.17, 15) is 0 Å². The highest BCUT2D eigenvalue weighted by Crippen LogP contribution is 2.26. The van der Waals surface area contributed by atoms with Gasteiger partial charge in [0.2, 0.25) is 0 Å². The molecule has 112 valence electrons. The Balaban J connectivity index is 2.61. The van der Waals surface area contributed by atoms with Gasteiger partial charge in [-0.3, -0.25) is 0 Å². The lowest BCUT2D eigenvalue weighted by Crippen LogP contribution is -2.04. The zero-order valence-electron chi connectivity index (χ0n) is 12.9. The van der Waals surface area contributed by atoms with Gasteiger partial charge in [-0.2, -0.15) is 0 Å². The molecule has 1 aromatic rings. The Morgan fingerprint density at radius 3 is 2.35 bits per heavy atom. The molecule has 0 aliphatic heterocycles. The summed E-state index contributed by atoms with van der Waals surface area (Å²) in [6, 6.07) is 5.62. The van der Waals surface area contributed by atoms with Gasteiger partial charge in [0.15, 0.2) is 0 Å². The number of ether oxygens (including phenoxy) is 2. The normalized spacial score (nSPS) is 12.4. The van der Waals surface area contributed by atoms with Crippen molar-refractivity contribution in [2.24, 2.45) is 5.16 Å². The number of nitrogens with zero attached hydrogens (tertiary/aromatic N) is 1. The van der Waals surface area contributed by atoms with E-state index in [1.54, 1.807) is 20.4 Å². The number of hydrogen-bond donors (Lipinski definition) is 0. The molecule has 20 heavy (non-hydrogen) atoms. The molecule has 0 amide bonds. The summed E-state index contributed by atoms with van der Waals surface area (Å²) in [7, 11) is 3.25. The Labute approximate surface area is 121 Å². The number of rotatable bonds is 9. The van der Waals surface area contributed by atoms with Crippen LogP contribution >= 0.6 is 0 Å². The first-order chi connectivity index (χ1) is 9.72. The summed E-state index contributed by atoms with van der Waals surface area (Å²) in [5.41, 5.74) is 0.790. The van der Waals surface area contributed by atoms with Crippen molar-refractivity contribution in [1.82, 2.24) is 0 Å². The van der Waals surface area contributed by atoms with Crippen molar-refractivity contribution >= 4 is 6.21 Å². The molecule has 1 atom stereocenters. The average molecular weight is 279 g/mol. The van der Waals surface area contributed by atoms with Crippen molar-refractivity contribution in [2.75, 3.05) is 14.2 Å². The van der Waals surface area contributed by atoms with Crippen molar-refractivity contribution in [3.63, 3.8) is 0 Å². The molecule has 0 radical (unpaired) electrons. The van der Waals surface area contributed by atoms with Crippen LogP contribution in [0.1, 0.15) is 45.1 Å². The van der Waals surface area contributed by atoms with Crippen LogP contribution in [0.25, 0.3) is 0 Å². The smallest absolute Gasteiger partial charge is 0.131 e. The van der Waals surface area contributed by atoms with Gasteiger partial charge in [-0.15, -0.1) is 0 Å². The minimum Gasteiger partial charge on any atom is -0.496 e. The van der Waals surface area contributed by atoms with Gasteiger partial charge in [-0.05, 0) is 31.9 Å². The Morgan fingerprint density at radius 2 is 1.80 bits per heavy atom. The van der Waals surface area contributed by atoms with Crippen molar-refractivity contribution in [3.05, 3.63) is 23.8 Å². The predicted octanol–water partition coefficient (Wildman–Crippen LogP) is 4.02. The minimum absolute atomic E-state index is 0.124. The van der Waals surface area contributed by atoms with E-state index < -0.39 is 0 Å². The van der Waals surface area contributed by atoms with E-state index in [4.69, 9.17) is 14.3 Å². The maximum atomic E-state index is 5.45. The van der Waals surface area contributed by atoms with Crippen LogP contribution in [0.3, 0.4) is 0 Å². The molecule has 0 bridgehead atoms. The first-order valence-corrected chi connectivity index (χ1v) is 7.13. The fraction of sp³-hybridized carbons (Fsp3) is 0.562. The van der Waals surface area contributed by atoms with E-state index in [0.717, 1.165) is 23.5 Å². The summed E-state index contributed by atoms with van der Waals surface area (Å²) >= 11 is 0. The van der Waals surface area contributed by atoms with E-state index in [-0.39, 0.29) is 6.10 Å². The van der Waals surface area contributed by atoms with Crippen LogP contribution in [0.15, 0.2) is 23.4 Å². The molecular weight excluding hydrogens is 254 g/mol. The highest BCUT2D eigenvalue weighted by Gasteiger charge is 2.07. The summed E-state index contributed by atoms with van der Waals surface area (Å²) in [4.78, 5) is 5.45. The van der Waals surface area contributed by atoms with Gasteiger partial charge < -0.3 is 14.3 Å². The first kappa shape index (κ1) is 16.3. The summed E-state index contributed by atoms with van der Waals surface area (Å²) in [6.45, 7) is 4.23. The number of oxime groups is 1. The molecule has 0 fully saturated rings. The topological polar surface area (TPSA) is 40.0 Å². The maximum absolute atomic E-state index is 5.45. The quantitative estimate of drug-likeness (QED) is 0.389. The molecule has 0 aliphatic carbocycles. The molecule has 0 heterocycles. The average Bonchev–Trinajstić information content (AvgIpc) is 2.47. The molecule has 0 aromatic heterocycles. The summed E-state index contributed by atoms with van der Waals surface area (Å²) in [6.07, 6.45) is 6.41. The highest BCUT2D eigenvalue weighted by atomic mass is 16.6. The third-order valence-electron chi connectivity index (χ3n) is 3.10. The summed E-state index contributed by atoms with van der Waals surface area (Å²) < 4.78 is 10.6. The number of hydrogen-bond acceptors (Lipinski definition) is 4. The molecule has 1 unspecified atom stereocenters. The second-order valence-corrected chi connectivity index (χ2v) is 4.72. The molecule has 1 rings (SSSR count). The molecule has 0 saturated heterocycles. The molecule has 0 saturated carbocycles. The maximum Gasteiger partial charge on any atom is 0.131 e. The first-order valence-electron chi connectivity index (χ1n) is 7.13. The van der Waals surface area contributed by atoms with Gasteiger partial charge in [0.05, 0.1) is 26.0 Å². The highest BCUT2D eigenvalue weighted by molar-refractivity contribution is 5.87. The standard InChI is InChI=1S/C16H25NO3/c1-5-6-7-9-13(2)20-17-12-14-15(18-3)10-8-11-16(14)19-4/h8,10-13H,5-7,9H2,1-4H3/b17-12+. The largest absolute Gasteiger partial charge is 0.496 e. The van der Waals surface area contributed by atoms with Crippen LogP contribution in [0, 0.1) is 0 Å². The van der Waals surface area contributed by atoms with Gasteiger partial charge in [-0.1, -0.05) is 31.0 Å². The Morgan fingerprint density at radius 1 is 1.15 bits per heavy atom. The second-order valence-electron chi connectivity index (χ2n) is 4.72. The van der Waals surface area contributed by atoms with Crippen molar-refractivity contribution < 1.29 is 14.3 Å². The molecule has 0 spiro atoms. The van der Waals surface area contributed by atoms with Crippen LogP contribution in [0.5, 0.6) is 11.5 Å². The second kappa shape index (κ2) is 9.23. The van der Waals surface area contributed by atoms with Gasteiger partial charge >= 0.3 is 0 Å². The lowest BCUT2D eigenvalue weighted by atomic mass is 10.1. The van der Waals surface area contributed by atoms with Crippen LogP contribution in [0.2, 0.25) is 0 Å². The van der Waals surface area contributed by atoms with Gasteiger partial charge in [0.25, 0.3) is 0 Å². The fourth-order valence-corrected chi connectivity index (χ4v) is 1.93. The van der Waals surface area contributed by atoms with E-state index in [1.165, 1.54) is 19.3 Å². The lowest BCUT2D eigenvalue weighted by molar-refractivity contribution is 0.0657. The predicted molar refractivity (Wildman–Crippen MR) is 81.8 cm³/mol. The van der Waals surface area contributed by atoms with Crippen molar-refractivity contribution in [1.29, 1.82) is 0 Å². The van der Waals surface area contributed by atoms with Crippen molar-refractivity contribution in [2.45, 2.75) is 45.6 Å². The molecular formula is C16H25NO3. The van der Waals surface area contributed by atoms with E-state index in [2.05, 4.69) is 12.1 Å². The Bertz CT molecular complexity index is 396. The van der Waals surface area contributed by atoms with Crippen LogP contribution in [-0.4, -0.2) is 26.5 Å². The monoisotopic (exact) mass is 279 g/mol. The van der Waals surface area contributed by atoms with E-state index in [0.29, 0.717) is 0 Å². The molecule has 1 aromatic carbocycles. The van der Waals surface area contributed by atoms with Gasteiger partial charge in [-0.25, -0.2) is 0 Å². The van der Waals surface area contributed by atoms with Gasteiger partial charge in [0.1, 0.15) is 17.6 Å². The summed E-state index contributed by atoms with van der Waals surface area (Å²) in [5, 5.41) is 4.05. The fourth-order valence-electron chi connectivity index (χ4n) is 1.93. The van der Waals surface area contributed by atoms with Crippen molar-refractivity contribution in [3.8, 4) is 11.5 Å². The number of methoxy groups -OCH3 is 2.